The maximum absolute atomic E-state index is 13.4. The van der Waals surface area contributed by atoms with Crippen molar-refractivity contribution in [3.63, 3.8) is 0 Å². The maximum Gasteiger partial charge on any atom is 0.249 e. The highest BCUT2D eigenvalue weighted by Crippen LogP contribution is 2.31. The molecular weight excluding hydrogens is 364 g/mol. The van der Waals surface area contributed by atoms with Crippen LogP contribution >= 0.6 is 23.2 Å². The minimum Gasteiger partial charge on any atom is -0.419 e. The number of hydrogen-bond acceptors (Lipinski definition) is 4. The summed E-state index contributed by atoms with van der Waals surface area (Å²) >= 11 is 12.1. The van der Waals surface area contributed by atoms with E-state index in [0.29, 0.717) is 33.9 Å². The second kappa shape index (κ2) is 6.65. The van der Waals surface area contributed by atoms with Crippen LogP contribution in [0.15, 0.2) is 40.8 Å². The SMILES string of the molecule is Fc1ccc2c(c1)CCCN2Cc1nnc(-c2ccc(Cl)cc2Cl)o1. The van der Waals surface area contributed by atoms with Crippen molar-refractivity contribution in [3.8, 4) is 11.5 Å². The highest BCUT2D eigenvalue weighted by molar-refractivity contribution is 6.36. The Morgan fingerprint density at radius 1 is 1.12 bits per heavy atom. The number of anilines is 1. The van der Waals surface area contributed by atoms with Gasteiger partial charge in [-0.1, -0.05) is 23.2 Å². The minimum absolute atomic E-state index is 0.210. The van der Waals surface area contributed by atoms with Gasteiger partial charge in [0.25, 0.3) is 0 Å². The van der Waals surface area contributed by atoms with E-state index >= 15 is 0 Å². The van der Waals surface area contributed by atoms with Crippen LogP contribution in [0.4, 0.5) is 10.1 Å². The molecule has 0 radical (unpaired) electrons. The molecule has 0 fully saturated rings. The zero-order valence-electron chi connectivity index (χ0n) is 13.2. The van der Waals surface area contributed by atoms with E-state index in [4.69, 9.17) is 27.6 Å². The lowest BCUT2D eigenvalue weighted by molar-refractivity contribution is 0.493. The molecular formula is C18H14Cl2FN3O. The average molecular weight is 378 g/mol. The topological polar surface area (TPSA) is 42.2 Å². The average Bonchev–Trinajstić information content (AvgIpc) is 3.03. The van der Waals surface area contributed by atoms with Crippen LogP contribution in [0.25, 0.3) is 11.5 Å². The molecule has 3 aromatic rings. The van der Waals surface area contributed by atoms with Gasteiger partial charge >= 0.3 is 0 Å². The van der Waals surface area contributed by atoms with E-state index in [9.17, 15) is 4.39 Å². The standard InChI is InChI=1S/C18H14Cl2FN3O/c19-12-3-5-14(15(20)9-12)18-23-22-17(25-18)10-24-7-1-2-11-8-13(21)4-6-16(11)24/h3-6,8-9H,1-2,7,10H2. The van der Waals surface area contributed by atoms with E-state index in [0.717, 1.165) is 30.6 Å². The van der Waals surface area contributed by atoms with Crippen LogP contribution in [0, 0.1) is 5.82 Å². The van der Waals surface area contributed by atoms with Crippen molar-refractivity contribution in [3.05, 3.63) is 63.7 Å². The summed E-state index contributed by atoms with van der Waals surface area (Å²) in [6.45, 7) is 1.33. The maximum atomic E-state index is 13.4. The number of halogens is 3. The van der Waals surface area contributed by atoms with Gasteiger partial charge in [-0.05, 0) is 54.8 Å². The van der Waals surface area contributed by atoms with Gasteiger partial charge in [-0.3, -0.25) is 0 Å². The predicted octanol–water partition coefficient (Wildman–Crippen LogP) is 5.14. The zero-order chi connectivity index (χ0) is 17.4. The lowest BCUT2D eigenvalue weighted by atomic mass is 10.0. The largest absolute Gasteiger partial charge is 0.419 e. The fourth-order valence-corrected chi connectivity index (χ4v) is 3.55. The molecule has 2 heterocycles. The summed E-state index contributed by atoms with van der Waals surface area (Å²) in [5.41, 5.74) is 2.66. The van der Waals surface area contributed by atoms with Crippen molar-refractivity contribution in [1.29, 1.82) is 0 Å². The van der Waals surface area contributed by atoms with Gasteiger partial charge in [-0.25, -0.2) is 4.39 Å². The second-order valence-corrected chi connectivity index (χ2v) is 6.77. The van der Waals surface area contributed by atoms with Crippen LogP contribution in [0.3, 0.4) is 0 Å². The first-order valence-electron chi connectivity index (χ1n) is 7.91. The number of rotatable bonds is 3. The Labute approximate surface area is 154 Å². The minimum atomic E-state index is -0.210. The number of hydrogen-bond donors (Lipinski definition) is 0. The molecule has 2 aromatic carbocycles. The van der Waals surface area contributed by atoms with Gasteiger partial charge in [0.15, 0.2) is 0 Å². The van der Waals surface area contributed by atoms with Crippen molar-refractivity contribution >= 4 is 28.9 Å². The molecule has 0 amide bonds. The summed E-state index contributed by atoms with van der Waals surface area (Å²) in [5.74, 6) is 0.629. The van der Waals surface area contributed by atoms with Gasteiger partial charge in [0, 0.05) is 17.3 Å². The normalized spacial score (nSPS) is 13.8. The van der Waals surface area contributed by atoms with E-state index in [1.807, 2.05) is 0 Å². The highest BCUT2D eigenvalue weighted by atomic mass is 35.5. The predicted molar refractivity (Wildman–Crippen MR) is 95.5 cm³/mol. The molecule has 25 heavy (non-hydrogen) atoms. The summed E-state index contributed by atoms with van der Waals surface area (Å²) < 4.78 is 19.2. The number of benzene rings is 2. The van der Waals surface area contributed by atoms with Crippen LogP contribution in [0.5, 0.6) is 0 Å². The van der Waals surface area contributed by atoms with Gasteiger partial charge in [0.05, 0.1) is 17.1 Å². The molecule has 4 rings (SSSR count). The van der Waals surface area contributed by atoms with E-state index in [-0.39, 0.29) is 5.82 Å². The Morgan fingerprint density at radius 2 is 2.00 bits per heavy atom. The van der Waals surface area contributed by atoms with Gasteiger partial charge in [-0.15, -0.1) is 10.2 Å². The van der Waals surface area contributed by atoms with Crippen LogP contribution in [0.1, 0.15) is 17.9 Å². The van der Waals surface area contributed by atoms with Gasteiger partial charge in [0.1, 0.15) is 5.82 Å². The Hall–Kier alpha value is -2.11. The first kappa shape index (κ1) is 16.4. The highest BCUT2D eigenvalue weighted by Gasteiger charge is 2.20. The number of aryl methyl sites for hydroxylation is 1. The van der Waals surface area contributed by atoms with Gasteiger partial charge in [0.2, 0.25) is 11.8 Å². The van der Waals surface area contributed by atoms with Crippen molar-refractivity contribution in [1.82, 2.24) is 10.2 Å². The van der Waals surface area contributed by atoms with Crippen LogP contribution in [0.2, 0.25) is 10.0 Å². The molecule has 1 aliphatic heterocycles. The molecule has 1 aromatic heterocycles. The lowest BCUT2D eigenvalue weighted by Gasteiger charge is -2.30. The fraction of sp³-hybridized carbons (Fsp3) is 0.222. The molecule has 0 atom stereocenters. The molecule has 0 bridgehead atoms. The van der Waals surface area contributed by atoms with E-state index in [1.54, 1.807) is 30.3 Å². The molecule has 0 unspecified atom stereocenters. The molecule has 0 saturated carbocycles. The Kier molecular flexibility index (Phi) is 4.36. The van der Waals surface area contributed by atoms with Crippen LogP contribution in [-0.2, 0) is 13.0 Å². The summed E-state index contributed by atoms with van der Waals surface area (Å²) in [6.07, 6.45) is 1.83. The summed E-state index contributed by atoms with van der Waals surface area (Å²) in [4.78, 5) is 2.12. The van der Waals surface area contributed by atoms with E-state index in [1.165, 1.54) is 6.07 Å². The molecule has 0 N–H and O–H groups in total. The summed E-state index contributed by atoms with van der Waals surface area (Å²) in [7, 11) is 0. The zero-order valence-corrected chi connectivity index (χ0v) is 14.7. The molecule has 128 valence electrons. The van der Waals surface area contributed by atoms with Crippen LogP contribution in [-0.4, -0.2) is 16.7 Å². The number of nitrogens with zero attached hydrogens (tertiary/aromatic N) is 3. The quantitative estimate of drug-likeness (QED) is 0.633. The third-order valence-electron chi connectivity index (χ3n) is 4.21. The monoisotopic (exact) mass is 377 g/mol. The summed E-state index contributed by atoms with van der Waals surface area (Å²) in [6, 6.07) is 9.98. The smallest absolute Gasteiger partial charge is 0.249 e. The Morgan fingerprint density at radius 3 is 2.84 bits per heavy atom. The Bertz CT molecular complexity index is 928. The third kappa shape index (κ3) is 3.34. The fourth-order valence-electron chi connectivity index (χ4n) is 3.06. The molecule has 4 nitrogen and oxygen atoms in total. The molecule has 1 aliphatic rings. The van der Waals surface area contributed by atoms with Crippen molar-refractivity contribution in [2.24, 2.45) is 0 Å². The van der Waals surface area contributed by atoms with Gasteiger partial charge < -0.3 is 9.32 Å². The van der Waals surface area contributed by atoms with Crippen molar-refractivity contribution in [2.75, 3.05) is 11.4 Å². The first-order chi connectivity index (χ1) is 12.1. The molecule has 0 spiro atoms. The van der Waals surface area contributed by atoms with Crippen LogP contribution < -0.4 is 4.90 Å². The number of fused-ring (bicyclic) bond motifs is 1. The molecule has 0 aliphatic carbocycles. The van der Waals surface area contributed by atoms with E-state index < -0.39 is 0 Å². The van der Waals surface area contributed by atoms with Crippen molar-refractivity contribution in [2.45, 2.75) is 19.4 Å². The van der Waals surface area contributed by atoms with Gasteiger partial charge in [-0.2, -0.15) is 0 Å². The Balaban J connectivity index is 1.58. The number of aromatic nitrogens is 2. The first-order valence-corrected chi connectivity index (χ1v) is 8.67. The second-order valence-electron chi connectivity index (χ2n) is 5.92. The molecule has 0 saturated heterocycles. The van der Waals surface area contributed by atoms with E-state index in [2.05, 4.69) is 15.1 Å². The third-order valence-corrected chi connectivity index (χ3v) is 4.76. The summed E-state index contributed by atoms with van der Waals surface area (Å²) in [5, 5.41) is 9.20. The molecule has 7 heteroatoms. The van der Waals surface area contributed by atoms with Crippen molar-refractivity contribution < 1.29 is 8.81 Å². The lowest BCUT2D eigenvalue weighted by Crippen LogP contribution is -2.29.